The molecular weight excluding hydrogens is 350 g/mol. The quantitative estimate of drug-likeness (QED) is 0.744. The third-order valence-corrected chi connectivity index (χ3v) is 5.12. The first kappa shape index (κ1) is 16.9. The third kappa shape index (κ3) is 3.97. The van der Waals surface area contributed by atoms with Gasteiger partial charge in [-0.05, 0) is 31.5 Å². The predicted octanol–water partition coefficient (Wildman–Crippen LogP) is 3.04. The van der Waals surface area contributed by atoms with Crippen molar-refractivity contribution in [2.45, 2.75) is 19.4 Å². The molecule has 1 unspecified atom stereocenters. The van der Waals surface area contributed by atoms with Crippen LogP contribution in [0.5, 0.6) is 0 Å². The van der Waals surface area contributed by atoms with Crippen LogP contribution >= 0.6 is 11.3 Å². The average molecular weight is 369 g/mol. The van der Waals surface area contributed by atoms with E-state index in [4.69, 9.17) is 4.52 Å². The first-order valence-electron chi connectivity index (χ1n) is 8.55. The van der Waals surface area contributed by atoms with Crippen molar-refractivity contribution in [2.75, 3.05) is 18.4 Å². The fourth-order valence-electron chi connectivity index (χ4n) is 3.20. The van der Waals surface area contributed by atoms with Crippen LogP contribution in [0.2, 0.25) is 0 Å². The Morgan fingerprint density at radius 2 is 2.19 bits per heavy atom. The van der Waals surface area contributed by atoms with Crippen molar-refractivity contribution < 1.29 is 9.32 Å². The van der Waals surface area contributed by atoms with Gasteiger partial charge in [0, 0.05) is 23.2 Å². The van der Waals surface area contributed by atoms with E-state index >= 15 is 0 Å². The molecule has 1 amide bonds. The topological polar surface area (TPSA) is 84.2 Å². The summed E-state index contributed by atoms with van der Waals surface area (Å²) in [5, 5.41) is 8.88. The summed E-state index contributed by atoms with van der Waals surface area (Å²) in [6.45, 7) is 2.26. The van der Waals surface area contributed by atoms with Crippen LogP contribution in [0.3, 0.4) is 0 Å². The van der Waals surface area contributed by atoms with E-state index in [1.165, 1.54) is 6.39 Å². The molecule has 7 nitrogen and oxygen atoms in total. The zero-order valence-electron chi connectivity index (χ0n) is 14.2. The van der Waals surface area contributed by atoms with Gasteiger partial charge in [0.25, 0.3) is 0 Å². The molecule has 1 aliphatic rings. The van der Waals surface area contributed by atoms with Gasteiger partial charge < -0.3 is 9.84 Å². The van der Waals surface area contributed by atoms with Crippen LogP contribution in [0.15, 0.2) is 46.1 Å². The number of hydrogen-bond donors (Lipinski definition) is 1. The molecule has 1 saturated heterocycles. The molecule has 0 saturated carbocycles. The van der Waals surface area contributed by atoms with Crippen molar-refractivity contribution in [3.63, 3.8) is 0 Å². The van der Waals surface area contributed by atoms with E-state index in [1.807, 2.05) is 35.2 Å². The molecule has 0 radical (unpaired) electrons. The molecule has 3 aromatic rings. The zero-order valence-corrected chi connectivity index (χ0v) is 15.0. The first-order valence-corrected chi connectivity index (χ1v) is 9.49. The molecule has 4 rings (SSSR count). The van der Waals surface area contributed by atoms with Gasteiger partial charge in [-0.3, -0.25) is 9.69 Å². The highest BCUT2D eigenvalue weighted by Crippen LogP contribution is 2.23. The number of amides is 1. The number of aromatic nitrogens is 3. The molecule has 1 fully saturated rings. The van der Waals surface area contributed by atoms with Crippen molar-refractivity contribution in [3.8, 4) is 11.3 Å². The van der Waals surface area contributed by atoms with Crippen LogP contribution in [0.1, 0.15) is 18.7 Å². The Balaban J connectivity index is 1.35. The van der Waals surface area contributed by atoms with Crippen LogP contribution in [0, 0.1) is 5.92 Å². The average Bonchev–Trinajstić information content (AvgIpc) is 3.36. The van der Waals surface area contributed by atoms with E-state index in [-0.39, 0.29) is 11.8 Å². The van der Waals surface area contributed by atoms with Crippen molar-refractivity contribution in [1.29, 1.82) is 0 Å². The lowest BCUT2D eigenvalue weighted by atomic mass is 9.97. The minimum absolute atomic E-state index is 0.0335. The van der Waals surface area contributed by atoms with Crippen LogP contribution in [-0.4, -0.2) is 39.0 Å². The number of rotatable bonds is 5. The van der Waals surface area contributed by atoms with Crippen LogP contribution < -0.4 is 5.32 Å². The minimum atomic E-state index is -0.0335. The molecule has 134 valence electrons. The Morgan fingerprint density at radius 3 is 2.92 bits per heavy atom. The molecule has 0 aliphatic carbocycles. The predicted molar refractivity (Wildman–Crippen MR) is 98.5 cm³/mol. The van der Waals surface area contributed by atoms with Gasteiger partial charge in [-0.25, -0.2) is 4.98 Å². The Kier molecular flexibility index (Phi) is 5.03. The lowest BCUT2D eigenvalue weighted by molar-refractivity contribution is -0.121. The number of carbonyl (C=O) groups excluding carboxylic acids is 1. The smallest absolute Gasteiger partial charge is 0.228 e. The van der Waals surface area contributed by atoms with Gasteiger partial charge >= 0.3 is 0 Å². The normalized spacial score (nSPS) is 17.9. The fourth-order valence-corrected chi connectivity index (χ4v) is 3.76. The number of piperidine rings is 1. The molecule has 1 atom stereocenters. The molecular formula is C18H19N5O2S. The van der Waals surface area contributed by atoms with Crippen molar-refractivity contribution >= 4 is 22.9 Å². The largest absolute Gasteiger partial charge is 0.343 e. The van der Waals surface area contributed by atoms with E-state index in [0.29, 0.717) is 18.9 Å². The first-order chi connectivity index (χ1) is 12.8. The van der Waals surface area contributed by atoms with Gasteiger partial charge in [-0.1, -0.05) is 17.3 Å². The van der Waals surface area contributed by atoms with Crippen LogP contribution in [-0.2, 0) is 11.3 Å². The number of nitrogens with one attached hydrogen (secondary N) is 1. The van der Waals surface area contributed by atoms with E-state index < -0.39 is 0 Å². The lowest BCUT2D eigenvalue weighted by Gasteiger charge is -2.31. The van der Waals surface area contributed by atoms with Crippen LogP contribution in [0.25, 0.3) is 11.3 Å². The Bertz CT molecular complexity index is 833. The molecule has 3 heterocycles. The molecule has 2 aromatic heterocycles. The van der Waals surface area contributed by atoms with Gasteiger partial charge in [0.1, 0.15) is 0 Å². The second kappa shape index (κ2) is 7.76. The number of anilines is 1. The molecule has 1 N–H and O–H groups in total. The molecule has 26 heavy (non-hydrogen) atoms. The van der Waals surface area contributed by atoms with Crippen molar-refractivity contribution in [3.05, 3.63) is 47.4 Å². The number of thiazole rings is 1. The summed E-state index contributed by atoms with van der Waals surface area (Å²) in [4.78, 5) is 23.2. The van der Waals surface area contributed by atoms with E-state index in [2.05, 4.69) is 25.3 Å². The number of likely N-dealkylation sites (tertiary alicyclic amines) is 1. The lowest BCUT2D eigenvalue weighted by Crippen LogP contribution is -2.40. The summed E-state index contributed by atoms with van der Waals surface area (Å²) in [6, 6.07) is 7.81. The van der Waals surface area contributed by atoms with Crippen LogP contribution in [0.4, 0.5) is 5.69 Å². The summed E-state index contributed by atoms with van der Waals surface area (Å²) in [6.07, 6.45) is 3.21. The maximum Gasteiger partial charge on any atom is 0.228 e. The monoisotopic (exact) mass is 369 g/mol. The van der Waals surface area contributed by atoms with E-state index in [1.54, 1.807) is 11.3 Å². The van der Waals surface area contributed by atoms with Gasteiger partial charge in [-0.15, -0.1) is 11.3 Å². The second-order valence-corrected chi connectivity index (χ2v) is 7.08. The van der Waals surface area contributed by atoms with Gasteiger partial charge in [0.2, 0.25) is 12.3 Å². The highest BCUT2D eigenvalue weighted by atomic mass is 32.1. The second-order valence-electron chi connectivity index (χ2n) is 6.36. The summed E-state index contributed by atoms with van der Waals surface area (Å²) in [7, 11) is 0. The van der Waals surface area contributed by atoms with E-state index in [0.717, 1.165) is 36.3 Å². The minimum Gasteiger partial charge on any atom is -0.343 e. The summed E-state index contributed by atoms with van der Waals surface area (Å²) in [5.41, 5.74) is 4.63. The number of carbonyl (C=O) groups is 1. The van der Waals surface area contributed by atoms with Crippen molar-refractivity contribution in [2.24, 2.45) is 5.92 Å². The highest BCUT2D eigenvalue weighted by molar-refractivity contribution is 7.07. The number of hydrogen-bond acceptors (Lipinski definition) is 7. The third-order valence-electron chi connectivity index (χ3n) is 4.53. The zero-order chi connectivity index (χ0) is 17.8. The molecule has 0 spiro atoms. The SMILES string of the molecule is O=C(Nc1ccc(-c2cscn2)cc1)C1CCCN(Cc2ncon2)C1. The highest BCUT2D eigenvalue weighted by Gasteiger charge is 2.26. The van der Waals surface area contributed by atoms with Gasteiger partial charge in [-0.2, -0.15) is 4.98 Å². The number of benzene rings is 1. The Morgan fingerprint density at radius 1 is 1.31 bits per heavy atom. The fraction of sp³-hybridized carbons (Fsp3) is 0.333. The van der Waals surface area contributed by atoms with Gasteiger partial charge in [0.15, 0.2) is 5.82 Å². The standard InChI is InChI=1S/C18H19N5O2S/c24-18(14-2-1-7-23(8-14)9-17-19-11-25-22-17)21-15-5-3-13(4-6-15)16-10-26-12-20-16/h3-6,10-12,14H,1-2,7-9H2,(H,21,24). The molecule has 1 aromatic carbocycles. The summed E-state index contributed by atoms with van der Waals surface area (Å²) in [5.74, 6) is 0.682. The van der Waals surface area contributed by atoms with Gasteiger partial charge in [0.05, 0.1) is 23.7 Å². The summed E-state index contributed by atoms with van der Waals surface area (Å²) < 4.78 is 4.77. The number of nitrogens with zero attached hydrogens (tertiary/aromatic N) is 4. The molecule has 8 heteroatoms. The molecule has 1 aliphatic heterocycles. The Hall–Kier alpha value is -2.58. The maximum atomic E-state index is 12.6. The molecule has 0 bridgehead atoms. The Labute approximate surface area is 155 Å². The maximum absolute atomic E-state index is 12.6. The summed E-state index contributed by atoms with van der Waals surface area (Å²) >= 11 is 1.57. The van der Waals surface area contributed by atoms with E-state index in [9.17, 15) is 4.79 Å². The van der Waals surface area contributed by atoms with Crippen molar-refractivity contribution in [1.82, 2.24) is 20.0 Å².